The lowest BCUT2D eigenvalue weighted by Gasteiger charge is -2.26. The molecule has 0 spiro atoms. The third-order valence-electron chi connectivity index (χ3n) is 5.39. The van der Waals surface area contributed by atoms with Crippen molar-refractivity contribution in [3.05, 3.63) is 60.2 Å². The van der Waals surface area contributed by atoms with Crippen LogP contribution in [0.5, 0.6) is 11.5 Å². The number of carboxylic acids is 1. The predicted octanol–water partition coefficient (Wildman–Crippen LogP) is 2.71. The zero-order valence-electron chi connectivity index (χ0n) is 15.1. The number of aryl methyl sites for hydroxylation is 1. The summed E-state index contributed by atoms with van der Waals surface area (Å²) in [5, 5.41) is 14.2. The van der Waals surface area contributed by atoms with Gasteiger partial charge in [0.1, 0.15) is 17.0 Å². The molecule has 2 aromatic rings. The fourth-order valence-corrected chi connectivity index (χ4v) is 3.87. The normalized spacial score (nSPS) is 25.7. The summed E-state index contributed by atoms with van der Waals surface area (Å²) in [6.45, 7) is 0. The van der Waals surface area contributed by atoms with E-state index in [1.165, 1.54) is 0 Å². The van der Waals surface area contributed by atoms with E-state index in [1.807, 2.05) is 54.6 Å². The van der Waals surface area contributed by atoms with Crippen molar-refractivity contribution >= 4 is 17.9 Å². The fourth-order valence-electron chi connectivity index (χ4n) is 3.87. The maximum Gasteiger partial charge on any atom is 0.322 e. The molecule has 0 aromatic heterocycles. The number of rotatable bonds is 7. The lowest BCUT2D eigenvalue weighted by atomic mass is 9.85. The van der Waals surface area contributed by atoms with Crippen LogP contribution in [-0.2, 0) is 16.0 Å². The van der Waals surface area contributed by atoms with E-state index >= 15 is 0 Å². The average Bonchev–Trinajstić information content (AvgIpc) is 3.42. The fraction of sp³-hybridized carbons (Fsp3) is 0.286. The Balaban J connectivity index is 1.49. The Morgan fingerprint density at radius 1 is 1.11 bits per heavy atom. The van der Waals surface area contributed by atoms with Crippen LogP contribution < -0.4 is 15.4 Å². The molecule has 7 heteroatoms. The Labute approximate surface area is 161 Å². The summed E-state index contributed by atoms with van der Waals surface area (Å²) in [6.07, 6.45) is 1.22. The highest BCUT2D eigenvalue weighted by Gasteiger charge is 2.62. The molecule has 1 aliphatic carbocycles. The van der Waals surface area contributed by atoms with Gasteiger partial charge in [-0.3, -0.25) is 14.9 Å². The smallest absolute Gasteiger partial charge is 0.322 e. The Bertz CT molecular complexity index is 929. The molecule has 1 saturated carbocycles. The van der Waals surface area contributed by atoms with E-state index in [0.717, 1.165) is 11.3 Å². The number of imide groups is 1. The Kier molecular flexibility index (Phi) is 4.50. The van der Waals surface area contributed by atoms with Crippen molar-refractivity contribution in [3.8, 4) is 11.5 Å². The zero-order chi connectivity index (χ0) is 19.7. The lowest BCUT2D eigenvalue weighted by Crippen LogP contribution is -2.50. The first-order valence-electron chi connectivity index (χ1n) is 9.16. The molecule has 3 N–H and O–H groups in total. The first-order valence-corrected chi connectivity index (χ1v) is 9.16. The molecule has 2 aromatic carbocycles. The van der Waals surface area contributed by atoms with Crippen molar-refractivity contribution < 1.29 is 24.2 Å². The first kappa shape index (κ1) is 18.0. The summed E-state index contributed by atoms with van der Waals surface area (Å²) in [5.74, 6) is -0.968. The van der Waals surface area contributed by atoms with Gasteiger partial charge in [0.15, 0.2) is 0 Å². The van der Waals surface area contributed by atoms with Crippen LogP contribution in [0.25, 0.3) is 0 Å². The van der Waals surface area contributed by atoms with Crippen LogP contribution in [0.4, 0.5) is 4.79 Å². The molecule has 3 atom stereocenters. The standard InChI is InChI=1S/C21H20N2O5/c24-18(25)16-12-17(16)21(19(26)22-20(27)23-21)10-9-13-5-4-8-15(11-13)28-14-6-2-1-3-7-14/h1-8,11,16-17H,9-10,12H2,(H,24,25)(H2,22,23,26,27). The van der Waals surface area contributed by atoms with Gasteiger partial charge in [-0.1, -0.05) is 30.3 Å². The third-order valence-corrected chi connectivity index (χ3v) is 5.39. The summed E-state index contributed by atoms with van der Waals surface area (Å²) in [5.41, 5.74) is -0.231. The lowest BCUT2D eigenvalue weighted by molar-refractivity contribution is -0.139. The number of nitrogens with one attached hydrogen (secondary N) is 2. The second-order valence-corrected chi connectivity index (χ2v) is 7.23. The van der Waals surface area contributed by atoms with Gasteiger partial charge in [-0.25, -0.2) is 4.79 Å². The molecule has 28 heavy (non-hydrogen) atoms. The highest BCUT2D eigenvalue weighted by molar-refractivity contribution is 6.08. The second kappa shape index (κ2) is 6.99. The minimum Gasteiger partial charge on any atom is -0.481 e. The van der Waals surface area contributed by atoms with E-state index in [9.17, 15) is 19.5 Å². The molecule has 2 aliphatic rings. The summed E-state index contributed by atoms with van der Waals surface area (Å²) < 4.78 is 5.84. The SMILES string of the molecule is O=C1NC(=O)C(CCc2cccc(Oc3ccccc3)c2)(C2CC2C(=O)O)N1. The topological polar surface area (TPSA) is 105 Å². The number of carbonyl (C=O) groups is 3. The number of carboxylic acid groups (broad SMARTS) is 1. The molecule has 4 rings (SSSR count). The molecule has 0 bridgehead atoms. The van der Waals surface area contributed by atoms with Crippen molar-refractivity contribution in [1.29, 1.82) is 0 Å². The molecule has 7 nitrogen and oxygen atoms in total. The molecule has 3 amide bonds. The highest BCUT2D eigenvalue weighted by atomic mass is 16.5. The number of aliphatic carboxylic acids is 1. The van der Waals surface area contributed by atoms with Gasteiger partial charge < -0.3 is 15.2 Å². The Morgan fingerprint density at radius 2 is 1.86 bits per heavy atom. The summed E-state index contributed by atoms with van der Waals surface area (Å²) in [7, 11) is 0. The van der Waals surface area contributed by atoms with Gasteiger partial charge in [-0.15, -0.1) is 0 Å². The summed E-state index contributed by atoms with van der Waals surface area (Å²) in [4.78, 5) is 35.5. The second-order valence-electron chi connectivity index (χ2n) is 7.23. The van der Waals surface area contributed by atoms with Crippen LogP contribution in [0.1, 0.15) is 18.4 Å². The largest absolute Gasteiger partial charge is 0.481 e. The van der Waals surface area contributed by atoms with Gasteiger partial charge in [0.2, 0.25) is 0 Å². The van der Waals surface area contributed by atoms with E-state index < -0.39 is 29.4 Å². The zero-order valence-corrected chi connectivity index (χ0v) is 15.1. The number of urea groups is 1. The van der Waals surface area contributed by atoms with Gasteiger partial charge in [-0.05, 0) is 49.1 Å². The summed E-state index contributed by atoms with van der Waals surface area (Å²) in [6, 6.07) is 16.4. The molecule has 144 valence electrons. The quantitative estimate of drug-likeness (QED) is 0.641. The average molecular weight is 380 g/mol. The number of benzene rings is 2. The number of hydrogen-bond donors (Lipinski definition) is 3. The molecule has 3 unspecified atom stereocenters. The van der Waals surface area contributed by atoms with Crippen molar-refractivity contribution in [2.45, 2.75) is 24.8 Å². The molecule has 1 saturated heterocycles. The van der Waals surface area contributed by atoms with E-state index in [2.05, 4.69) is 10.6 Å². The van der Waals surface area contributed by atoms with Gasteiger partial charge in [0, 0.05) is 5.92 Å². The summed E-state index contributed by atoms with van der Waals surface area (Å²) >= 11 is 0. The van der Waals surface area contributed by atoms with Gasteiger partial charge in [0.25, 0.3) is 5.91 Å². The van der Waals surface area contributed by atoms with E-state index in [0.29, 0.717) is 25.0 Å². The number of ether oxygens (including phenoxy) is 1. The van der Waals surface area contributed by atoms with Gasteiger partial charge >= 0.3 is 12.0 Å². The molecular formula is C21H20N2O5. The van der Waals surface area contributed by atoms with Gasteiger partial charge in [-0.2, -0.15) is 0 Å². The molecular weight excluding hydrogens is 360 g/mol. The predicted molar refractivity (Wildman–Crippen MR) is 99.9 cm³/mol. The first-order chi connectivity index (χ1) is 13.5. The van der Waals surface area contributed by atoms with Crippen molar-refractivity contribution in [2.24, 2.45) is 11.8 Å². The van der Waals surface area contributed by atoms with Crippen LogP contribution in [-0.4, -0.2) is 28.6 Å². The number of carbonyl (C=O) groups excluding carboxylic acids is 2. The maximum absolute atomic E-state index is 12.5. The molecule has 2 fully saturated rings. The van der Waals surface area contributed by atoms with Crippen LogP contribution in [0, 0.1) is 11.8 Å². The molecule has 1 aliphatic heterocycles. The number of amides is 3. The van der Waals surface area contributed by atoms with Gasteiger partial charge in [0.05, 0.1) is 5.92 Å². The van der Waals surface area contributed by atoms with Crippen molar-refractivity contribution in [1.82, 2.24) is 10.6 Å². The van der Waals surface area contributed by atoms with Crippen LogP contribution in [0.15, 0.2) is 54.6 Å². The van der Waals surface area contributed by atoms with Crippen molar-refractivity contribution in [3.63, 3.8) is 0 Å². The number of para-hydroxylation sites is 1. The minimum absolute atomic E-state index is 0.327. The molecule has 1 heterocycles. The number of hydrogen-bond acceptors (Lipinski definition) is 4. The van der Waals surface area contributed by atoms with Crippen LogP contribution in [0.3, 0.4) is 0 Å². The Morgan fingerprint density at radius 3 is 2.50 bits per heavy atom. The van der Waals surface area contributed by atoms with E-state index in [-0.39, 0.29) is 5.92 Å². The van der Waals surface area contributed by atoms with Crippen LogP contribution in [0.2, 0.25) is 0 Å². The highest BCUT2D eigenvalue weighted by Crippen LogP contribution is 2.49. The maximum atomic E-state index is 12.5. The Hall–Kier alpha value is -3.35. The van der Waals surface area contributed by atoms with Crippen molar-refractivity contribution in [2.75, 3.05) is 0 Å². The van der Waals surface area contributed by atoms with E-state index in [4.69, 9.17) is 4.74 Å². The monoisotopic (exact) mass is 380 g/mol. The minimum atomic E-state index is -1.17. The van der Waals surface area contributed by atoms with Crippen LogP contribution >= 0.6 is 0 Å². The van der Waals surface area contributed by atoms with E-state index in [1.54, 1.807) is 0 Å². The molecule has 0 radical (unpaired) electrons. The third kappa shape index (κ3) is 3.43.